The Kier molecular flexibility index (Phi) is 4.81. The van der Waals surface area contributed by atoms with Crippen LogP contribution in [0.15, 0.2) is 24.4 Å². The molecule has 82 valence electrons. The molecule has 2 aromatic rings. The van der Waals surface area contributed by atoms with Crippen molar-refractivity contribution in [2.45, 2.75) is 40.0 Å². The molecule has 0 fully saturated rings. The van der Waals surface area contributed by atoms with Gasteiger partial charge in [0.05, 0.1) is 11.2 Å². The van der Waals surface area contributed by atoms with Gasteiger partial charge < -0.3 is 0 Å². The second kappa shape index (κ2) is 6.17. The predicted molar refractivity (Wildman–Crippen MR) is 62.9 cm³/mol. The third-order valence-electron chi connectivity index (χ3n) is 2.08. The molecule has 2 aromatic heterocycles. The highest BCUT2D eigenvalue weighted by Gasteiger charge is 1.93. The molecule has 3 nitrogen and oxygen atoms in total. The second-order valence-electron chi connectivity index (χ2n) is 3.58. The van der Waals surface area contributed by atoms with Crippen LogP contribution in [0.5, 0.6) is 0 Å². The average Bonchev–Trinajstić information content (AvgIpc) is 2.60. The number of aryl methyl sites for hydroxylation is 1. The second-order valence-corrected chi connectivity index (χ2v) is 3.58. The van der Waals surface area contributed by atoms with Crippen LogP contribution >= 0.6 is 0 Å². The topological polar surface area (TPSA) is 30.2 Å². The van der Waals surface area contributed by atoms with Gasteiger partial charge in [-0.15, -0.1) is 0 Å². The molecule has 0 saturated heterocycles. The fourth-order valence-corrected chi connectivity index (χ4v) is 1.31. The van der Waals surface area contributed by atoms with Crippen molar-refractivity contribution >= 4 is 5.52 Å². The van der Waals surface area contributed by atoms with Crippen molar-refractivity contribution in [3.63, 3.8) is 0 Å². The quantitative estimate of drug-likeness (QED) is 0.753. The van der Waals surface area contributed by atoms with E-state index < -0.39 is 0 Å². The molecule has 0 amide bonds. The average molecular weight is 205 g/mol. The predicted octanol–water partition coefficient (Wildman–Crippen LogP) is 3.23. The van der Waals surface area contributed by atoms with Gasteiger partial charge in [-0.1, -0.05) is 33.1 Å². The van der Waals surface area contributed by atoms with Gasteiger partial charge in [0.25, 0.3) is 0 Å². The monoisotopic (exact) mass is 205 g/mol. The Morgan fingerprint density at radius 3 is 2.53 bits per heavy atom. The first-order valence-corrected chi connectivity index (χ1v) is 5.55. The first-order valence-electron chi connectivity index (χ1n) is 5.55. The zero-order valence-electron chi connectivity index (χ0n) is 9.77. The van der Waals surface area contributed by atoms with Crippen LogP contribution in [0.4, 0.5) is 0 Å². The highest BCUT2D eigenvalue weighted by Crippen LogP contribution is 2.01. The third kappa shape index (κ3) is 3.70. The molecule has 0 radical (unpaired) electrons. The highest BCUT2D eigenvalue weighted by atomic mass is 15.4. The van der Waals surface area contributed by atoms with Gasteiger partial charge in [-0.2, -0.15) is 14.8 Å². The van der Waals surface area contributed by atoms with Gasteiger partial charge >= 0.3 is 0 Å². The summed E-state index contributed by atoms with van der Waals surface area (Å²) in [5.74, 6) is 0. The van der Waals surface area contributed by atoms with Crippen LogP contribution in [0.25, 0.3) is 5.52 Å². The van der Waals surface area contributed by atoms with Crippen molar-refractivity contribution < 1.29 is 0 Å². The zero-order chi connectivity index (χ0) is 11.1. The highest BCUT2D eigenvalue weighted by molar-refractivity contribution is 5.45. The van der Waals surface area contributed by atoms with E-state index in [0.29, 0.717) is 0 Å². The smallest absolute Gasteiger partial charge is 0.0875 e. The van der Waals surface area contributed by atoms with Crippen LogP contribution in [0.2, 0.25) is 0 Å². The van der Waals surface area contributed by atoms with Crippen LogP contribution in [0, 0.1) is 6.92 Å². The molecule has 0 aromatic carbocycles. The van der Waals surface area contributed by atoms with Gasteiger partial charge in [0, 0.05) is 6.20 Å². The normalized spacial score (nSPS) is 9.80. The Balaban J connectivity index is 0.000000195. The molecule has 3 heteroatoms. The standard InChI is InChI=1S/C7H7N3.C5H12/c1-6-5-7-3-2-4-8-10(7)9-6;1-3-5-4-2/h2-5H,1H3;3-5H2,1-2H3. The van der Waals surface area contributed by atoms with Crippen LogP contribution in [-0.4, -0.2) is 14.8 Å². The van der Waals surface area contributed by atoms with Crippen LogP contribution in [0.1, 0.15) is 38.8 Å². The number of hydrogen-bond donors (Lipinski definition) is 0. The van der Waals surface area contributed by atoms with Crippen molar-refractivity contribution in [1.82, 2.24) is 14.8 Å². The van der Waals surface area contributed by atoms with E-state index in [0.717, 1.165) is 11.2 Å². The Hall–Kier alpha value is -1.38. The molecule has 0 bridgehead atoms. The van der Waals surface area contributed by atoms with E-state index in [9.17, 15) is 0 Å². The molecule has 0 aliphatic heterocycles. The van der Waals surface area contributed by atoms with Gasteiger partial charge in [-0.3, -0.25) is 0 Å². The Bertz CT molecular complexity index is 357. The molecular weight excluding hydrogens is 186 g/mol. The summed E-state index contributed by atoms with van der Waals surface area (Å²) in [7, 11) is 0. The van der Waals surface area contributed by atoms with E-state index in [1.807, 2.05) is 25.1 Å². The van der Waals surface area contributed by atoms with Crippen LogP contribution in [0.3, 0.4) is 0 Å². The maximum atomic E-state index is 4.12. The summed E-state index contributed by atoms with van der Waals surface area (Å²) in [6.07, 6.45) is 5.80. The maximum absolute atomic E-state index is 4.12. The Morgan fingerprint density at radius 2 is 2.00 bits per heavy atom. The lowest BCUT2D eigenvalue weighted by atomic mass is 10.3. The summed E-state index contributed by atoms with van der Waals surface area (Å²) in [6, 6.07) is 5.87. The van der Waals surface area contributed by atoms with Crippen molar-refractivity contribution in [2.75, 3.05) is 0 Å². The first-order chi connectivity index (χ1) is 7.27. The lowest BCUT2D eigenvalue weighted by molar-refractivity contribution is 0.772. The minimum atomic E-state index is 0.999. The van der Waals surface area contributed by atoms with E-state index in [2.05, 4.69) is 24.0 Å². The minimum absolute atomic E-state index is 0.999. The third-order valence-corrected chi connectivity index (χ3v) is 2.08. The molecule has 2 heterocycles. The molecule has 15 heavy (non-hydrogen) atoms. The summed E-state index contributed by atoms with van der Waals surface area (Å²) < 4.78 is 1.62. The van der Waals surface area contributed by atoms with Gasteiger partial charge in [-0.05, 0) is 25.1 Å². The number of unbranched alkanes of at least 4 members (excludes halogenated alkanes) is 2. The van der Waals surface area contributed by atoms with Gasteiger partial charge in [0.2, 0.25) is 0 Å². The lowest BCUT2D eigenvalue weighted by Crippen LogP contribution is -1.90. The van der Waals surface area contributed by atoms with Gasteiger partial charge in [-0.25, -0.2) is 0 Å². The van der Waals surface area contributed by atoms with Crippen LogP contribution < -0.4 is 0 Å². The largest absolute Gasteiger partial charge is 0.159 e. The summed E-state index contributed by atoms with van der Waals surface area (Å²) in [5.41, 5.74) is 2.04. The maximum Gasteiger partial charge on any atom is 0.0875 e. The molecule has 0 aliphatic carbocycles. The van der Waals surface area contributed by atoms with Gasteiger partial charge in [0.15, 0.2) is 0 Å². The number of rotatable bonds is 2. The number of nitrogens with zero attached hydrogens (tertiary/aromatic N) is 3. The van der Waals surface area contributed by atoms with Crippen molar-refractivity contribution in [2.24, 2.45) is 0 Å². The van der Waals surface area contributed by atoms with Crippen molar-refractivity contribution in [3.05, 3.63) is 30.1 Å². The van der Waals surface area contributed by atoms with Crippen LogP contribution in [-0.2, 0) is 0 Å². The number of hydrogen-bond acceptors (Lipinski definition) is 2. The van der Waals surface area contributed by atoms with E-state index in [-0.39, 0.29) is 0 Å². The molecule has 0 saturated carbocycles. The van der Waals surface area contributed by atoms with Crippen molar-refractivity contribution in [1.29, 1.82) is 0 Å². The first kappa shape index (κ1) is 11.7. The molecule has 0 aliphatic rings. The zero-order valence-corrected chi connectivity index (χ0v) is 9.77. The molecule has 2 rings (SSSR count). The fraction of sp³-hybridized carbons (Fsp3) is 0.500. The molecule has 0 N–H and O–H groups in total. The van der Waals surface area contributed by atoms with Crippen molar-refractivity contribution in [3.8, 4) is 0 Å². The van der Waals surface area contributed by atoms with E-state index >= 15 is 0 Å². The summed E-state index contributed by atoms with van der Waals surface area (Å²) in [4.78, 5) is 0. The minimum Gasteiger partial charge on any atom is -0.159 e. The molecule has 0 atom stereocenters. The summed E-state index contributed by atoms with van der Waals surface area (Å²) >= 11 is 0. The van der Waals surface area contributed by atoms with E-state index in [4.69, 9.17) is 0 Å². The Labute approximate surface area is 91.1 Å². The fourth-order valence-electron chi connectivity index (χ4n) is 1.31. The molecular formula is C12H19N3. The van der Waals surface area contributed by atoms with E-state index in [1.54, 1.807) is 10.8 Å². The summed E-state index contributed by atoms with van der Waals surface area (Å²) in [6.45, 7) is 6.38. The molecule has 0 spiro atoms. The SMILES string of the molecule is CCCCC.Cc1cc2cccnn2n1. The number of fused-ring (bicyclic) bond motifs is 1. The summed E-state index contributed by atoms with van der Waals surface area (Å²) in [5, 5.41) is 8.13. The van der Waals surface area contributed by atoms with E-state index in [1.165, 1.54) is 19.3 Å². The number of aromatic nitrogens is 3. The molecule has 0 unspecified atom stereocenters. The Morgan fingerprint density at radius 1 is 1.27 bits per heavy atom. The van der Waals surface area contributed by atoms with Gasteiger partial charge in [0.1, 0.15) is 0 Å². The lowest BCUT2D eigenvalue weighted by Gasteiger charge is -1.85.